The van der Waals surface area contributed by atoms with Gasteiger partial charge in [-0.25, -0.2) is 22.0 Å². The third kappa shape index (κ3) is 3.99. The van der Waals surface area contributed by atoms with Crippen molar-refractivity contribution in [1.82, 2.24) is 4.98 Å². The second kappa shape index (κ2) is 8.19. The molecule has 154 valence electrons. The highest BCUT2D eigenvalue weighted by Gasteiger charge is 2.14. The predicted molar refractivity (Wildman–Crippen MR) is 109 cm³/mol. The van der Waals surface area contributed by atoms with E-state index in [-0.39, 0.29) is 21.9 Å². The van der Waals surface area contributed by atoms with Gasteiger partial charge in [0.15, 0.2) is 17.5 Å². The molecule has 1 heterocycles. The van der Waals surface area contributed by atoms with Gasteiger partial charge in [0, 0.05) is 22.7 Å². The minimum Gasteiger partial charge on any atom is -0.256 e. The molecule has 6 heteroatoms. The van der Waals surface area contributed by atoms with E-state index < -0.39 is 34.6 Å². The Morgan fingerprint density at radius 1 is 0.774 bits per heavy atom. The zero-order chi connectivity index (χ0) is 22.1. The molecule has 0 N–H and O–H groups in total. The average Bonchev–Trinajstić information content (AvgIpc) is 2.77. The SMILES string of the molecule is CCc1ccc(-c2cc(F)c(C#Cc3ccc4c(F)c(F)c(F)cc4c3)c(F)c2)nc1. The molecule has 1 nitrogen and oxygen atoms in total. The van der Waals surface area contributed by atoms with Crippen LogP contribution in [0.3, 0.4) is 0 Å². The molecule has 0 aliphatic carbocycles. The number of hydrogen-bond donors (Lipinski definition) is 0. The maximum atomic E-state index is 14.5. The fourth-order valence-corrected chi connectivity index (χ4v) is 3.16. The van der Waals surface area contributed by atoms with E-state index in [1.54, 1.807) is 12.3 Å². The van der Waals surface area contributed by atoms with Crippen molar-refractivity contribution in [1.29, 1.82) is 0 Å². The fraction of sp³-hybridized carbons (Fsp3) is 0.0800. The Balaban J connectivity index is 1.69. The van der Waals surface area contributed by atoms with Crippen molar-refractivity contribution in [2.24, 2.45) is 0 Å². The summed E-state index contributed by atoms with van der Waals surface area (Å²) in [5.41, 5.74) is 1.54. The van der Waals surface area contributed by atoms with Gasteiger partial charge in [0.1, 0.15) is 11.6 Å². The Morgan fingerprint density at radius 3 is 2.16 bits per heavy atom. The minimum absolute atomic E-state index is 0.0843. The summed E-state index contributed by atoms with van der Waals surface area (Å²) < 4.78 is 69.7. The summed E-state index contributed by atoms with van der Waals surface area (Å²) in [5.74, 6) is -0.913. The molecule has 0 atom stereocenters. The largest absolute Gasteiger partial charge is 0.256 e. The lowest BCUT2D eigenvalue weighted by molar-refractivity contribution is 0.453. The Labute approximate surface area is 175 Å². The molecular formula is C25H14F5N. The first-order valence-corrected chi connectivity index (χ1v) is 9.41. The van der Waals surface area contributed by atoms with E-state index in [4.69, 9.17) is 0 Å². The summed E-state index contributed by atoms with van der Waals surface area (Å²) in [6.45, 7) is 1.98. The van der Waals surface area contributed by atoms with E-state index in [1.807, 2.05) is 13.0 Å². The summed E-state index contributed by atoms with van der Waals surface area (Å²) in [4.78, 5) is 4.22. The number of hydrogen-bond acceptors (Lipinski definition) is 1. The van der Waals surface area contributed by atoms with Crippen LogP contribution in [-0.4, -0.2) is 4.98 Å². The second-order valence-electron chi connectivity index (χ2n) is 6.89. The molecule has 0 spiro atoms. The van der Waals surface area contributed by atoms with E-state index in [2.05, 4.69) is 16.8 Å². The van der Waals surface area contributed by atoms with Crippen LogP contribution in [0.5, 0.6) is 0 Å². The maximum absolute atomic E-state index is 14.5. The number of pyridine rings is 1. The molecule has 4 aromatic rings. The van der Waals surface area contributed by atoms with Gasteiger partial charge < -0.3 is 0 Å². The lowest BCUT2D eigenvalue weighted by atomic mass is 10.0. The molecule has 0 unspecified atom stereocenters. The van der Waals surface area contributed by atoms with E-state index in [1.165, 1.54) is 18.2 Å². The van der Waals surface area contributed by atoms with E-state index in [9.17, 15) is 22.0 Å². The number of nitrogens with zero attached hydrogens (tertiary/aromatic N) is 1. The monoisotopic (exact) mass is 423 g/mol. The van der Waals surface area contributed by atoms with Gasteiger partial charge in [0.2, 0.25) is 0 Å². The predicted octanol–water partition coefficient (Wildman–Crippen LogP) is 6.56. The van der Waals surface area contributed by atoms with Crippen molar-refractivity contribution in [3.8, 4) is 23.1 Å². The maximum Gasteiger partial charge on any atom is 0.195 e. The van der Waals surface area contributed by atoms with Crippen molar-refractivity contribution in [3.05, 3.63) is 101 Å². The number of fused-ring (bicyclic) bond motifs is 1. The molecule has 1 aromatic heterocycles. The normalized spacial score (nSPS) is 10.8. The zero-order valence-corrected chi connectivity index (χ0v) is 16.2. The topological polar surface area (TPSA) is 12.9 Å². The summed E-state index contributed by atoms with van der Waals surface area (Å²) in [7, 11) is 0. The van der Waals surface area contributed by atoms with Gasteiger partial charge in [-0.3, -0.25) is 4.98 Å². The fourth-order valence-electron chi connectivity index (χ4n) is 3.16. The second-order valence-corrected chi connectivity index (χ2v) is 6.89. The molecule has 0 saturated carbocycles. The molecule has 0 radical (unpaired) electrons. The van der Waals surface area contributed by atoms with Gasteiger partial charge in [0.25, 0.3) is 0 Å². The summed E-state index contributed by atoms with van der Waals surface area (Å²) in [5, 5.41) is -0.0335. The molecule has 31 heavy (non-hydrogen) atoms. The first kappa shape index (κ1) is 20.5. The molecule has 0 aliphatic heterocycles. The Hall–Kier alpha value is -3.72. The molecule has 4 rings (SSSR count). The zero-order valence-electron chi connectivity index (χ0n) is 16.2. The van der Waals surface area contributed by atoms with Gasteiger partial charge in [-0.2, -0.15) is 0 Å². The highest BCUT2D eigenvalue weighted by molar-refractivity contribution is 5.84. The highest BCUT2D eigenvalue weighted by atomic mass is 19.2. The van der Waals surface area contributed by atoms with Crippen molar-refractivity contribution in [2.75, 3.05) is 0 Å². The molecule has 0 fully saturated rings. The third-order valence-corrected chi connectivity index (χ3v) is 4.88. The van der Waals surface area contributed by atoms with Gasteiger partial charge in [-0.1, -0.05) is 30.9 Å². The van der Waals surface area contributed by atoms with Crippen molar-refractivity contribution < 1.29 is 22.0 Å². The van der Waals surface area contributed by atoms with Crippen molar-refractivity contribution >= 4 is 10.8 Å². The molecule has 0 saturated heterocycles. The molecule has 3 aromatic carbocycles. The van der Waals surface area contributed by atoms with Crippen molar-refractivity contribution in [2.45, 2.75) is 13.3 Å². The average molecular weight is 423 g/mol. The molecule has 0 bridgehead atoms. The highest BCUT2D eigenvalue weighted by Crippen LogP contribution is 2.25. The molecule has 0 aliphatic rings. The van der Waals surface area contributed by atoms with Crippen LogP contribution in [0, 0.1) is 40.9 Å². The quantitative estimate of drug-likeness (QED) is 0.202. The summed E-state index contributed by atoms with van der Waals surface area (Å²) >= 11 is 0. The van der Waals surface area contributed by atoms with Crippen LogP contribution in [0.2, 0.25) is 0 Å². The van der Waals surface area contributed by atoms with Crippen LogP contribution in [0.4, 0.5) is 22.0 Å². The Morgan fingerprint density at radius 2 is 1.52 bits per heavy atom. The number of rotatable bonds is 2. The van der Waals surface area contributed by atoms with Gasteiger partial charge >= 0.3 is 0 Å². The van der Waals surface area contributed by atoms with Gasteiger partial charge in [-0.05, 0) is 53.8 Å². The minimum atomic E-state index is -1.56. The van der Waals surface area contributed by atoms with E-state index in [0.29, 0.717) is 5.69 Å². The van der Waals surface area contributed by atoms with Crippen LogP contribution >= 0.6 is 0 Å². The van der Waals surface area contributed by atoms with E-state index >= 15 is 0 Å². The summed E-state index contributed by atoms with van der Waals surface area (Å²) in [6, 6.07) is 10.6. The van der Waals surface area contributed by atoms with E-state index in [0.717, 1.165) is 30.2 Å². The number of halogens is 5. The molecular weight excluding hydrogens is 409 g/mol. The first-order valence-electron chi connectivity index (χ1n) is 9.41. The van der Waals surface area contributed by atoms with Gasteiger partial charge in [0.05, 0.1) is 11.3 Å². The van der Waals surface area contributed by atoms with Crippen LogP contribution in [0.15, 0.2) is 54.7 Å². The molecule has 0 amide bonds. The number of aryl methyl sites for hydroxylation is 1. The third-order valence-electron chi connectivity index (χ3n) is 4.88. The standard InChI is InChI=1S/C25H14F5N/c1-2-14-5-8-23(31-13-14)17-11-20(26)19(21(27)12-17)7-4-15-3-6-18-16(9-15)10-22(28)25(30)24(18)29/h3,5-6,8-13H,2H2,1H3. The summed E-state index contributed by atoms with van der Waals surface area (Å²) in [6.07, 6.45) is 2.45. The van der Waals surface area contributed by atoms with Crippen LogP contribution in [0.25, 0.3) is 22.0 Å². The number of benzene rings is 3. The smallest absolute Gasteiger partial charge is 0.195 e. The van der Waals surface area contributed by atoms with Crippen LogP contribution < -0.4 is 0 Å². The Bertz CT molecular complexity index is 1340. The van der Waals surface area contributed by atoms with Crippen LogP contribution in [-0.2, 0) is 6.42 Å². The lowest BCUT2D eigenvalue weighted by Crippen LogP contribution is -1.94. The van der Waals surface area contributed by atoms with Crippen LogP contribution in [0.1, 0.15) is 23.6 Å². The lowest BCUT2D eigenvalue weighted by Gasteiger charge is -2.05. The number of aromatic nitrogens is 1. The van der Waals surface area contributed by atoms with Crippen molar-refractivity contribution in [3.63, 3.8) is 0 Å². The first-order chi connectivity index (χ1) is 14.9. The van der Waals surface area contributed by atoms with Gasteiger partial charge in [-0.15, -0.1) is 0 Å². The Kier molecular flexibility index (Phi) is 5.43.